The van der Waals surface area contributed by atoms with E-state index in [0.717, 1.165) is 17.0 Å². The molecule has 1 heterocycles. The zero-order valence-electron chi connectivity index (χ0n) is 8.13. The summed E-state index contributed by atoms with van der Waals surface area (Å²) in [5, 5.41) is 13.4. The van der Waals surface area contributed by atoms with Crippen molar-refractivity contribution in [2.24, 2.45) is 0 Å². The monoisotopic (exact) mass is 168 g/mol. The van der Waals surface area contributed by atoms with Crippen LogP contribution in [0.1, 0.15) is 36.8 Å². The van der Waals surface area contributed by atoms with Crippen molar-refractivity contribution in [3.63, 3.8) is 0 Å². The Balaban J connectivity index is 3.17. The first-order valence-electron chi connectivity index (χ1n) is 4.23. The van der Waals surface area contributed by atoms with Crippen molar-refractivity contribution < 1.29 is 5.11 Å². The van der Waals surface area contributed by atoms with Gasteiger partial charge < -0.3 is 5.11 Å². The molecule has 0 spiro atoms. The lowest BCUT2D eigenvalue weighted by atomic mass is 10.2. The number of aryl methyl sites for hydroxylation is 1. The molecule has 1 rings (SSSR count). The molecule has 3 nitrogen and oxygen atoms in total. The van der Waals surface area contributed by atoms with E-state index < -0.39 is 0 Å². The van der Waals surface area contributed by atoms with E-state index in [1.54, 1.807) is 0 Å². The van der Waals surface area contributed by atoms with E-state index in [4.69, 9.17) is 5.11 Å². The van der Waals surface area contributed by atoms with Gasteiger partial charge in [0.1, 0.15) is 0 Å². The van der Waals surface area contributed by atoms with Crippen LogP contribution in [0.25, 0.3) is 0 Å². The summed E-state index contributed by atoms with van der Waals surface area (Å²) in [6, 6.07) is 0.365. The predicted molar refractivity (Wildman–Crippen MR) is 48.0 cm³/mol. The SMILES string of the molecule is Cc1nn(C(C)C)c(C)c1CO. The summed E-state index contributed by atoms with van der Waals surface area (Å²) in [6.07, 6.45) is 0. The molecule has 0 aromatic carbocycles. The summed E-state index contributed by atoms with van der Waals surface area (Å²) >= 11 is 0. The Bertz CT molecular complexity index is 276. The lowest BCUT2D eigenvalue weighted by molar-refractivity contribution is 0.280. The molecule has 0 amide bonds. The molecule has 0 fully saturated rings. The van der Waals surface area contributed by atoms with Gasteiger partial charge in [0.05, 0.1) is 12.3 Å². The molecule has 0 aliphatic heterocycles. The van der Waals surface area contributed by atoms with Crippen LogP contribution in [0.4, 0.5) is 0 Å². The van der Waals surface area contributed by atoms with Gasteiger partial charge in [0.2, 0.25) is 0 Å². The number of hydrogen-bond acceptors (Lipinski definition) is 2. The standard InChI is InChI=1S/C9H16N2O/c1-6(2)11-8(4)9(5-12)7(3)10-11/h6,12H,5H2,1-4H3. The van der Waals surface area contributed by atoms with Gasteiger partial charge in [-0.05, 0) is 27.7 Å². The maximum atomic E-state index is 9.04. The van der Waals surface area contributed by atoms with Gasteiger partial charge in [-0.2, -0.15) is 5.10 Å². The highest BCUT2D eigenvalue weighted by molar-refractivity contribution is 5.23. The van der Waals surface area contributed by atoms with E-state index in [1.165, 1.54) is 0 Å². The molecule has 0 bridgehead atoms. The predicted octanol–water partition coefficient (Wildman–Crippen LogP) is 1.57. The number of rotatable bonds is 2. The first kappa shape index (κ1) is 9.26. The van der Waals surface area contributed by atoms with Crippen LogP contribution < -0.4 is 0 Å². The fourth-order valence-corrected chi connectivity index (χ4v) is 1.43. The third-order valence-electron chi connectivity index (χ3n) is 2.12. The summed E-state index contributed by atoms with van der Waals surface area (Å²) in [5.74, 6) is 0. The van der Waals surface area contributed by atoms with Gasteiger partial charge in [-0.1, -0.05) is 0 Å². The summed E-state index contributed by atoms with van der Waals surface area (Å²) < 4.78 is 1.95. The average molecular weight is 168 g/mol. The minimum absolute atomic E-state index is 0.0877. The molecule has 0 aliphatic carbocycles. The summed E-state index contributed by atoms with van der Waals surface area (Å²) in [4.78, 5) is 0. The fraction of sp³-hybridized carbons (Fsp3) is 0.667. The van der Waals surface area contributed by atoms with Gasteiger partial charge >= 0.3 is 0 Å². The summed E-state index contributed by atoms with van der Waals surface area (Å²) in [7, 11) is 0. The number of aliphatic hydroxyl groups excluding tert-OH is 1. The van der Waals surface area contributed by atoms with E-state index in [9.17, 15) is 0 Å². The van der Waals surface area contributed by atoms with E-state index in [1.807, 2.05) is 18.5 Å². The van der Waals surface area contributed by atoms with Gasteiger partial charge in [-0.15, -0.1) is 0 Å². The number of aliphatic hydroxyl groups is 1. The minimum atomic E-state index is 0.0877. The highest BCUT2D eigenvalue weighted by Gasteiger charge is 2.11. The van der Waals surface area contributed by atoms with Gasteiger partial charge in [-0.25, -0.2) is 0 Å². The second-order valence-corrected chi connectivity index (χ2v) is 3.35. The zero-order chi connectivity index (χ0) is 9.30. The summed E-state index contributed by atoms with van der Waals surface area (Å²) in [6.45, 7) is 8.18. The molecular weight excluding hydrogens is 152 g/mol. The largest absolute Gasteiger partial charge is 0.392 e. The molecule has 0 saturated heterocycles. The van der Waals surface area contributed by atoms with Crippen LogP contribution in [-0.4, -0.2) is 14.9 Å². The highest BCUT2D eigenvalue weighted by Crippen LogP contribution is 2.16. The maximum absolute atomic E-state index is 9.04. The number of nitrogens with zero attached hydrogens (tertiary/aromatic N) is 2. The first-order valence-corrected chi connectivity index (χ1v) is 4.23. The van der Waals surface area contributed by atoms with E-state index in [2.05, 4.69) is 18.9 Å². The maximum Gasteiger partial charge on any atom is 0.0718 e. The zero-order valence-corrected chi connectivity index (χ0v) is 8.13. The minimum Gasteiger partial charge on any atom is -0.392 e. The Hall–Kier alpha value is -0.830. The van der Waals surface area contributed by atoms with Crippen LogP contribution >= 0.6 is 0 Å². The quantitative estimate of drug-likeness (QED) is 0.728. The second-order valence-electron chi connectivity index (χ2n) is 3.35. The van der Waals surface area contributed by atoms with Gasteiger partial charge in [0, 0.05) is 17.3 Å². The summed E-state index contributed by atoms with van der Waals surface area (Å²) in [5.41, 5.74) is 2.97. The number of hydrogen-bond donors (Lipinski definition) is 1. The molecule has 0 saturated carbocycles. The lowest BCUT2D eigenvalue weighted by Crippen LogP contribution is -2.05. The Morgan fingerprint density at radius 2 is 2.00 bits per heavy atom. The third kappa shape index (κ3) is 1.37. The molecule has 1 aromatic heterocycles. The van der Waals surface area contributed by atoms with Crippen molar-refractivity contribution in [2.45, 2.75) is 40.3 Å². The topological polar surface area (TPSA) is 38.0 Å². The van der Waals surface area contributed by atoms with Crippen LogP contribution in [0.5, 0.6) is 0 Å². The van der Waals surface area contributed by atoms with E-state index in [-0.39, 0.29) is 6.61 Å². The van der Waals surface area contributed by atoms with Crippen molar-refractivity contribution in [1.82, 2.24) is 9.78 Å². The van der Waals surface area contributed by atoms with Crippen LogP contribution in [0, 0.1) is 13.8 Å². The van der Waals surface area contributed by atoms with Crippen molar-refractivity contribution in [3.05, 3.63) is 17.0 Å². The van der Waals surface area contributed by atoms with Crippen molar-refractivity contribution in [2.75, 3.05) is 0 Å². The van der Waals surface area contributed by atoms with E-state index >= 15 is 0 Å². The Morgan fingerprint density at radius 3 is 2.25 bits per heavy atom. The molecule has 0 radical (unpaired) electrons. The molecular formula is C9H16N2O. The first-order chi connectivity index (χ1) is 5.57. The Morgan fingerprint density at radius 1 is 1.42 bits per heavy atom. The Kier molecular flexibility index (Phi) is 2.52. The van der Waals surface area contributed by atoms with Crippen LogP contribution in [0.3, 0.4) is 0 Å². The molecule has 68 valence electrons. The molecule has 1 aromatic rings. The molecule has 0 aliphatic rings. The van der Waals surface area contributed by atoms with E-state index in [0.29, 0.717) is 6.04 Å². The molecule has 0 unspecified atom stereocenters. The molecule has 1 N–H and O–H groups in total. The van der Waals surface area contributed by atoms with Crippen LogP contribution in [0.2, 0.25) is 0 Å². The molecule has 0 atom stereocenters. The highest BCUT2D eigenvalue weighted by atomic mass is 16.3. The lowest BCUT2D eigenvalue weighted by Gasteiger charge is -2.07. The van der Waals surface area contributed by atoms with Gasteiger partial charge in [0.25, 0.3) is 0 Å². The van der Waals surface area contributed by atoms with Gasteiger partial charge in [-0.3, -0.25) is 4.68 Å². The van der Waals surface area contributed by atoms with Crippen molar-refractivity contribution >= 4 is 0 Å². The van der Waals surface area contributed by atoms with Crippen LogP contribution in [-0.2, 0) is 6.61 Å². The second kappa shape index (κ2) is 3.27. The van der Waals surface area contributed by atoms with Gasteiger partial charge in [0.15, 0.2) is 0 Å². The average Bonchev–Trinajstić information content (AvgIpc) is 2.27. The fourth-order valence-electron chi connectivity index (χ4n) is 1.43. The molecule has 3 heteroatoms. The Labute approximate surface area is 73.0 Å². The number of aromatic nitrogens is 2. The smallest absolute Gasteiger partial charge is 0.0718 e. The normalized spacial score (nSPS) is 11.2. The van der Waals surface area contributed by atoms with Crippen molar-refractivity contribution in [3.8, 4) is 0 Å². The molecule has 12 heavy (non-hydrogen) atoms. The third-order valence-corrected chi connectivity index (χ3v) is 2.12. The van der Waals surface area contributed by atoms with Crippen molar-refractivity contribution in [1.29, 1.82) is 0 Å². The van der Waals surface area contributed by atoms with Crippen LogP contribution in [0.15, 0.2) is 0 Å².